The Morgan fingerprint density at radius 1 is 1.31 bits per heavy atom. The minimum atomic E-state index is -0.465. The molecule has 1 aliphatic heterocycles. The molecule has 7 heteroatoms. The maximum Gasteiger partial charge on any atom is 0.415 e. The van der Waals surface area contributed by atoms with Gasteiger partial charge in [-0.2, -0.15) is 0 Å². The summed E-state index contributed by atoms with van der Waals surface area (Å²) in [6.07, 6.45) is 5.37. The van der Waals surface area contributed by atoms with E-state index < -0.39 is 5.60 Å². The molecule has 7 nitrogen and oxygen atoms in total. The van der Waals surface area contributed by atoms with E-state index in [1.54, 1.807) is 18.1 Å². The molecule has 32 heavy (non-hydrogen) atoms. The van der Waals surface area contributed by atoms with Gasteiger partial charge in [0.1, 0.15) is 11.4 Å². The van der Waals surface area contributed by atoms with Crippen molar-refractivity contribution < 1.29 is 14.3 Å². The average Bonchev–Trinajstić information content (AvgIpc) is 3.34. The first-order valence-electron chi connectivity index (χ1n) is 11.0. The minimum absolute atomic E-state index is 0.281. The monoisotopic (exact) mass is 430 g/mol. The molecule has 1 amide bonds. The number of aromatic nitrogens is 2. The number of anilines is 1. The van der Waals surface area contributed by atoms with Crippen LogP contribution in [0.2, 0.25) is 0 Å². The van der Waals surface area contributed by atoms with Crippen molar-refractivity contribution >= 4 is 28.5 Å². The predicted octanol–water partition coefficient (Wildman–Crippen LogP) is 5.49. The Labute approximate surface area is 187 Å². The van der Waals surface area contributed by atoms with Crippen molar-refractivity contribution in [1.82, 2.24) is 9.55 Å². The number of hydrogen-bond donors (Lipinski definition) is 0. The summed E-state index contributed by atoms with van der Waals surface area (Å²) in [7, 11) is 1.63. The maximum atomic E-state index is 12.9. The normalized spacial score (nSPS) is 22.8. The number of ether oxygens (including phenoxy) is 2. The van der Waals surface area contributed by atoms with Gasteiger partial charge < -0.3 is 14.0 Å². The van der Waals surface area contributed by atoms with Gasteiger partial charge in [-0.3, -0.25) is 4.90 Å². The van der Waals surface area contributed by atoms with Crippen LogP contribution < -0.4 is 9.64 Å². The predicted molar refractivity (Wildman–Crippen MR) is 122 cm³/mol. The molecule has 1 saturated heterocycles. The minimum Gasteiger partial charge on any atom is -0.497 e. The van der Waals surface area contributed by atoms with E-state index in [1.807, 2.05) is 43.6 Å². The molecule has 0 unspecified atom stereocenters. The lowest BCUT2D eigenvalue weighted by molar-refractivity contribution is 0.00439. The molecule has 2 fully saturated rings. The fourth-order valence-electron chi connectivity index (χ4n) is 5.19. The molecule has 3 aromatic rings. The highest BCUT2D eigenvalue weighted by Crippen LogP contribution is 2.43. The van der Waals surface area contributed by atoms with Crippen molar-refractivity contribution in [3.05, 3.63) is 59.7 Å². The van der Waals surface area contributed by atoms with Crippen LogP contribution in [0.1, 0.15) is 31.2 Å². The van der Waals surface area contributed by atoms with E-state index in [9.17, 15) is 4.79 Å². The summed E-state index contributed by atoms with van der Waals surface area (Å²) in [5, 5.41) is 0. The second kappa shape index (κ2) is 7.86. The van der Waals surface area contributed by atoms with E-state index in [0.717, 1.165) is 60.3 Å². The third-order valence-electron chi connectivity index (χ3n) is 6.77. The first-order valence-corrected chi connectivity index (χ1v) is 11.0. The third-order valence-corrected chi connectivity index (χ3v) is 6.77. The second-order valence-corrected chi connectivity index (χ2v) is 8.93. The number of carbonyl (C=O) groups is 1. The van der Waals surface area contributed by atoms with Crippen LogP contribution >= 0.6 is 0 Å². The molecule has 2 atom stereocenters. The number of rotatable bonds is 4. The first kappa shape index (κ1) is 20.4. The largest absolute Gasteiger partial charge is 0.497 e. The molecule has 1 aromatic heterocycles. The molecule has 1 saturated carbocycles. The highest BCUT2D eigenvalue weighted by Gasteiger charge is 2.48. The Hall–Kier alpha value is -3.53. The number of imidazole rings is 1. The molecule has 0 radical (unpaired) electrons. The number of benzene rings is 2. The van der Waals surface area contributed by atoms with Crippen LogP contribution in [0.4, 0.5) is 16.2 Å². The van der Waals surface area contributed by atoms with E-state index in [1.165, 1.54) is 0 Å². The Balaban J connectivity index is 1.36. The number of hydrogen-bond acceptors (Lipinski definition) is 4. The van der Waals surface area contributed by atoms with E-state index in [0.29, 0.717) is 18.2 Å². The van der Waals surface area contributed by atoms with Gasteiger partial charge in [0.15, 0.2) is 5.69 Å². The topological polar surface area (TPSA) is 61.0 Å². The van der Waals surface area contributed by atoms with Crippen LogP contribution in [0.5, 0.6) is 5.75 Å². The van der Waals surface area contributed by atoms with Gasteiger partial charge >= 0.3 is 6.09 Å². The van der Waals surface area contributed by atoms with Crippen molar-refractivity contribution in [3.63, 3.8) is 0 Å². The zero-order chi connectivity index (χ0) is 22.3. The fourth-order valence-corrected chi connectivity index (χ4v) is 5.19. The number of nitrogens with zero attached hydrogens (tertiary/aromatic N) is 4. The van der Waals surface area contributed by atoms with Crippen LogP contribution in [-0.2, 0) is 11.3 Å². The lowest BCUT2D eigenvalue weighted by Crippen LogP contribution is -2.40. The number of aryl methyl sites for hydroxylation is 1. The molecule has 2 heterocycles. The molecular formula is C25H26N4O3. The lowest BCUT2D eigenvalue weighted by atomic mass is 9.78. The number of methoxy groups -OCH3 is 1. The number of amides is 1. The summed E-state index contributed by atoms with van der Waals surface area (Å²) in [6, 6.07) is 11.4. The summed E-state index contributed by atoms with van der Waals surface area (Å²) in [5.41, 5.74) is 3.90. The van der Waals surface area contributed by atoms with Gasteiger partial charge in [-0.1, -0.05) is 12.1 Å². The van der Waals surface area contributed by atoms with Crippen molar-refractivity contribution in [2.75, 3.05) is 18.6 Å². The van der Waals surface area contributed by atoms with Crippen LogP contribution in [0, 0.1) is 19.4 Å². The Kier molecular flexibility index (Phi) is 5.01. The van der Waals surface area contributed by atoms with Gasteiger partial charge in [-0.15, -0.1) is 0 Å². The van der Waals surface area contributed by atoms with E-state index in [-0.39, 0.29) is 6.09 Å². The van der Waals surface area contributed by atoms with Crippen molar-refractivity contribution in [2.24, 2.45) is 5.92 Å². The Morgan fingerprint density at radius 3 is 3.00 bits per heavy atom. The highest BCUT2D eigenvalue weighted by atomic mass is 16.6. The lowest BCUT2D eigenvalue weighted by Gasteiger charge is -2.36. The van der Waals surface area contributed by atoms with E-state index >= 15 is 0 Å². The molecular weight excluding hydrogens is 404 g/mol. The molecule has 1 spiro atoms. The molecule has 0 N–H and O–H groups in total. The summed E-state index contributed by atoms with van der Waals surface area (Å²) in [6.45, 7) is 10.6. The third kappa shape index (κ3) is 3.56. The number of carbonyl (C=O) groups excluding carboxylic acids is 1. The summed E-state index contributed by atoms with van der Waals surface area (Å²) < 4.78 is 13.5. The van der Waals surface area contributed by atoms with Crippen LogP contribution in [0.3, 0.4) is 0 Å². The zero-order valence-corrected chi connectivity index (χ0v) is 18.4. The van der Waals surface area contributed by atoms with Crippen LogP contribution in [0.25, 0.3) is 15.9 Å². The molecule has 0 bridgehead atoms. The van der Waals surface area contributed by atoms with Crippen molar-refractivity contribution in [2.45, 2.75) is 44.8 Å². The molecule has 5 rings (SSSR count). The van der Waals surface area contributed by atoms with Crippen molar-refractivity contribution in [1.29, 1.82) is 0 Å². The molecule has 164 valence electrons. The molecule has 1 aliphatic carbocycles. The summed E-state index contributed by atoms with van der Waals surface area (Å²) in [4.78, 5) is 22.7. The van der Waals surface area contributed by atoms with E-state index in [2.05, 4.69) is 14.4 Å². The smallest absolute Gasteiger partial charge is 0.415 e. The van der Waals surface area contributed by atoms with Gasteiger partial charge in [0, 0.05) is 12.6 Å². The standard InChI is InChI=1S/C25H26N4O3/c1-17-6-8-20(31-3)12-22(17)29-15-25(32-24(29)30)10-4-5-18(13-25)14-28-16-27-21-9-7-19(26-2)11-23(21)28/h6-9,11-12,16,18H,4-5,10,13-15H2,1,3H3/t18-,25-/m0/s1. The van der Waals surface area contributed by atoms with Gasteiger partial charge in [-0.05, 0) is 62.3 Å². The van der Waals surface area contributed by atoms with Crippen LogP contribution in [-0.4, -0.2) is 34.9 Å². The number of fused-ring (bicyclic) bond motifs is 1. The van der Waals surface area contributed by atoms with E-state index in [4.69, 9.17) is 16.0 Å². The second-order valence-electron chi connectivity index (χ2n) is 8.93. The Morgan fingerprint density at radius 2 is 2.19 bits per heavy atom. The SMILES string of the molecule is [C-]#[N+]c1ccc2ncn(C[C@H]3CCC[C@]4(C3)CN(c3cc(OC)ccc3C)C(=O)O4)c2c1. The van der Waals surface area contributed by atoms with Crippen LogP contribution in [0.15, 0.2) is 42.7 Å². The summed E-state index contributed by atoms with van der Waals surface area (Å²) in [5.74, 6) is 1.10. The average molecular weight is 431 g/mol. The van der Waals surface area contributed by atoms with Gasteiger partial charge in [-0.25, -0.2) is 14.6 Å². The zero-order valence-electron chi connectivity index (χ0n) is 18.4. The van der Waals surface area contributed by atoms with Gasteiger partial charge in [0.2, 0.25) is 0 Å². The van der Waals surface area contributed by atoms with Gasteiger partial charge in [0.25, 0.3) is 0 Å². The molecule has 2 aliphatic rings. The molecule has 2 aromatic carbocycles. The van der Waals surface area contributed by atoms with Crippen molar-refractivity contribution in [3.8, 4) is 5.75 Å². The fraction of sp³-hybridized carbons (Fsp3) is 0.400. The quantitative estimate of drug-likeness (QED) is 0.514. The van der Waals surface area contributed by atoms with Gasteiger partial charge in [0.05, 0.1) is 43.3 Å². The Bertz CT molecular complexity index is 1230. The summed E-state index contributed by atoms with van der Waals surface area (Å²) >= 11 is 0. The highest BCUT2D eigenvalue weighted by molar-refractivity contribution is 5.91. The first-order chi connectivity index (χ1) is 15.5. The maximum absolute atomic E-state index is 12.9.